The molecule has 2 aromatic carbocycles. The number of thioether (sulfide) groups is 3. The molecule has 0 aliphatic carbocycles. The first-order valence-corrected chi connectivity index (χ1v) is 11.8. The maximum absolute atomic E-state index is 13.6. The zero-order valence-corrected chi connectivity index (χ0v) is 17.8. The fraction of sp³-hybridized carbons (Fsp3) is 0.227. The maximum atomic E-state index is 13.6. The van der Waals surface area contributed by atoms with Crippen molar-refractivity contribution in [2.45, 2.75) is 8.16 Å². The van der Waals surface area contributed by atoms with E-state index in [0.717, 1.165) is 5.56 Å². The molecule has 2 bridgehead atoms. The van der Waals surface area contributed by atoms with Crippen molar-refractivity contribution in [3.63, 3.8) is 0 Å². The SMILES string of the molecule is C=CCS[C@@]12SC(=O)[C@@](c3ccccc3)(S1)[C@@H]1C(=O)N(c3ccccc3)C(=O)[C@@H]12. The summed E-state index contributed by atoms with van der Waals surface area (Å²) in [5, 5.41) is -0.0393. The van der Waals surface area contributed by atoms with Crippen LogP contribution in [0.5, 0.6) is 0 Å². The van der Waals surface area contributed by atoms with Crippen LogP contribution in [0.3, 0.4) is 0 Å². The van der Waals surface area contributed by atoms with E-state index in [4.69, 9.17) is 0 Å². The fourth-order valence-electron chi connectivity index (χ4n) is 4.44. The van der Waals surface area contributed by atoms with Gasteiger partial charge in [0, 0.05) is 5.75 Å². The zero-order valence-electron chi connectivity index (χ0n) is 15.3. The van der Waals surface area contributed by atoms with Crippen molar-refractivity contribution in [3.05, 3.63) is 78.9 Å². The van der Waals surface area contributed by atoms with Crippen LogP contribution in [0.4, 0.5) is 5.69 Å². The average molecular weight is 440 g/mol. The van der Waals surface area contributed by atoms with Gasteiger partial charge in [0.05, 0.1) is 17.5 Å². The lowest BCUT2D eigenvalue weighted by Crippen LogP contribution is -2.43. The summed E-state index contributed by atoms with van der Waals surface area (Å²) in [7, 11) is 0. The quantitative estimate of drug-likeness (QED) is 0.512. The third-order valence-electron chi connectivity index (χ3n) is 5.59. The Hall–Kier alpha value is -1.96. The molecule has 2 aromatic rings. The lowest BCUT2D eigenvalue weighted by molar-refractivity contribution is -0.126. The number of benzene rings is 2. The molecule has 4 atom stereocenters. The van der Waals surface area contributed by atoms with Crippen LogP contribution in [0.1, 0.15) is 5.56 Å². The minimum Gasteiger partial charge on any atom is -0.285 e. The van der Waals surface area contributed by atoms with E-state index in [-0.39, 0.29) is 16.9 Å². The number of rotatable bonds is 5. The van der Waals surface area contributed by atoms with Crippen molar-refractivity contribution in [2.24, 2.45) is 11.8 Å². The zero-order chi connectivity index (χ0) is 20.2. The van der Waals surface area contributed by atoms with Crippen molar-refractivity contribution < 1.29 is 14.4 Å². The molecule has 3 aliphatic heterocycles. The molecular formula is C22H17NO3S3. The van der Waals surface area contributed by atoms with Gasteiger partial charge in [0.1, 0.15) is 8.16 Å². The van der Waals surface area contributed by atoms with Gasteiger partial charge in [-0.25, -0.2) is 4.90 Å². The van der Waals surface area contributed by atoms with Gasteiger partial charge in [0.2, 0.25) is 16.9 Å². The number of carbonyl (C=O) groups excluding carboxylic acids is 3. The van der Waals surface area contributed by atoms with E-state index in [1.807, 2.05) is 48.5 Å². The molecular weight excluding hydrogens is 422 g/mol. The first-order valence-electron chi connectivity index (χ1n) is 9.22. The number of nitrogens with zero attached hydrogens (tertiary/aromatic N) is 1. The molecule has 3 saturated heterocycles. The first kappa shape index (κ1) is 19.0. The van der Waals surface area contributed by atoms with E-state index in [2.05, 4.69) is 6.58 Å². The van der Waals surface area contributed by atoms with Crippen LogP contribution in [0.25, 0.3) is 0 Å². The maximum Gasteiger partial charge on any atom is 0.240 e. The van der Waals surface area contributed by atoms with Crippen LogP contribution in [0.15, 0.2) is 73.3 Å². The van der Waals surface area contributed by atoms with Crippen LogP contribution >= 0.6 is 35.3 Å². The van der Waals surface area contributed by atoms with Crippen LogP contribution in [-0.4, -0.2) is 26.1 Å². The fourth-order valence-corrected chi connectivity index (χ4v) is 10.3. The highest BCUT2D eigenvalue weighted by atomic mass is 32.3. The molecule has 3 fully saturated rings. The molecule has 2 amide bonds. The summed E-state index contributed by atoms with van der Waals surface area (Å²) >= 11 is 4.24. The van der Waals surface area contributed by atoms with Gasteiger partial charge >= 0.3 is 0 Å². The molecule has 5 rings (SSSR count). The van der Waals surface area contributed by atoms with E-state index in [0.29, 0.717) is 11.4 Å². The highest BCUT2D eigenvalue weighted by Gasteiger charge is 2.80. The number of amides is 2. The van der Waals surface area contributed by atoms with Crippen LogP contribution in [-0.2, 0) is 19.1 Å². The summed E-state index contributed by atoms with van der Waals surface area (Å²) in [6, 6.07) is 18.4. The van der Waals surface area contributed by atoms with Gasteiger partial charge in [-0.15, -0.1) is 30.1 Å². The second-order valence-electron chi connectivity index (χ2n) is 7.10. The second-order valence-corrected chi connectivity index (χ2v) is 11.9. The molecule has 0 saturated carbocycles. The topological polar surface area (TPSA) is 54.5 Å². The molecule has 4 nitrogen and oxygen atoms in total. The molecule has 3 aliphatic rings. The standard InChI is InChI=1S/C22H17NO3S3/c1-2-13-27-22-17-16(18(24)23(19(17)25)15-11-7-4-8-12-15)21(29-22,20(26)28-22)14-9-5-3-6-10-14/h2-12,16-17H,1,13H2/t16-,17+,21-,22-/m0/s1. The Kier molecular flexibility index (Phi) is 4.46. The first-order chi connectivity index (χ1) is 14.0. The minimum absolute atomic E-state index is 0.0393. The number of anilines is 1. The normalized spacial score (nSPS) is 32.7. The molecule has 3 heterocycles. The van der Waals surface area contributed by atoms with Crippen LogP contribution < -0.4 is 4.90 Å². The summed E-state index contributed by atoms with van der Waals surface area (Å²) in [6.45, 7) is 3.79. The summed E-state index contributed by atoms with van der Waals surface area (Å²) in [6.07, 6.45) is 1.77. The third-order valence-corrected chi connectivity index (χ3v) is 11.1. The Morgan fingerprint density at radius 2 is 1.59 bits per heavy atom. The van der Waals surface area contributed by atoms with Crippen molar-refractivity contribution in [3.8, 4) is 0 Å². The highest BCUT2D eigenvalue weighted by molar-refractivity contribution is 8.42. The van der Waals surface area contributed by atoms with Crippen molar-refractivity contribution >= 4 is 57.9 Å². The number of carbonyl (C=O) groups is 3. The molecule has 0 N–H and O–H groups in total. The van der Waals surface area contributed by atoms with Crippen LogP contribution in [0.2, 0.25) is 0 Å². The van der Waals surface area contributed by atoms with Gasteiger partial charge in [-0.05, 0) is 17.7 Å². The van der Waals surface area contributed by atoms with E-state index < -0.39 is 20.0 Å². The molecule has 0 unspecified atom stereocenters. The second kappa shape index (κ2) is 6.79. The monoisotopic (exact) mass is 439 g/mol. The number of hydrogen-bond acceptors (Lipinski definition) is 6. The molecule has 29 heavy (non-hydrogen) atoms. The van der Waals surface area contributed by atoms with E-state index in [1.54, 1.807) is 18.2 Å². The van der Waals surface area contributed by atoms with Gasteiger partial charge in [-0.2, -0.15) is 0 Å². The molecule has 0 radical (unpaired) electrons. The van der Waals surface area contributed by atoms with Crippen molar-refractivity contribution in [1.82, 2.24) is 0 Å². The van der Waals surface area contributed by atoms with Gasteiger partial charge in [-0.3, -0.25) is 14.4 Å². The van der Waals surface area contributed by atoms with Gasteiger partial charge in [-0.1, -0.05) is 66.4 Å². The Morgan fingerprint density at radius 3 is 2.24 bits per heavy atom. The predicted octanol–water partition coefficient (Wildman–Crippen LogP) is 4.28. The molecule has 7 heteroatoms. The molecule has 0 aromatic heterocycles. The van der Waals surface area contributed by atoms with Gasteiger partial charge < -0.3 is 0 Å². The lowest BCUT2D eigenvalue weighted by Gasteiger charge is -2.32. The Balaban J connectivity index is 1.69. The predicted molar refractivity (Wildman–Crippen MR) is 120 cm³/mol. The smallest absolute Gasteiger partial charge is 0.240 e. The summed E-state index contributed by atoms with van der Waals surface area (Å²) < 4.78 is -1.76. The summed E-state index contributed by atoms with van der Waals surface area (Å²) in [5.74, 6) is -1.15. The van der Waals surface area contributed by atoms with Crippen molar-refractivity contribution in [1.29, 1.82) is 0 Å². The number of para-hydroxylation sites is 1. The Bertz CT molecular complexity index is 1030. The summed E-state index contributed by atoms with van der Waals surface area (Å²) in [4.78, 5) is 41.9. The molecule has 0 spiro atoms. The van der Waals surface area contributed by atoms with Crippen LogP contribution in [0, 0.1) is 11.8 Å². The minimum atomic E-state index is -1.04. The number of fused-ring (bicyclic) bond motifs is 5. The molecule has 146 valence electrons. The van der Waals surface area contributed by atoms with E-state index in [9.17, 15) is 14.4 Å². The largest absolute Gasteiger partial charge is 0.285 e. The van der Waals surface area contributed by atoms with E-state index in [1.165, 1.54) is 40.2 Å². The van der Waals surface area contributed by atoms with E-state index >= 15 is 0 Å². The number of imide groups is 1. The van der Waals surface area contributed by atoms with Gasteiger partial charge in [0.25, 0.3) is 0 Å². The van der Waals surface area contributed by atoms with Crippen molar-refractivity contribution in [2.75, 3.05) is 10.7 Å². The Labute approximate surface area is 181 Å². The number of hydrogen-bond donors (Lipinski definition) is 0. The lowest BCUT2D eigenvalue weighted by atomic mass is 9.79. The third kappa shape index (κ3) is 2.47. The summed E-state index contributed by atoms with van der Waals surface area (Å²) in [5.41, 5.74) is 1.36. The Morgan fingerprint density at radius 1 is 0.966 bits per heavy atom. The van der Waals surface area contributed by atoms with Gasteiger partial charge in [0.15, 0.2) is 0 Å². The highest BCUT2D eigenvalue weighted by Crippen LogP contribution is 2.78. The average Bonchev–Trinajstić information content (AvgIpc) is 3.32.